The van der Waals surface area contributed by atoms with Crippen molar-refractivity contribution in [3.05, 3.63) is 77.9 Å². The second-order valence-electron chi connectivity index (χ2n) is 7.27. The van der Waals surface area contributed by atoms with Crippen LogP contribution in [0.2, 0.25) is 0 Å². The van der Waals surface area contributed by atoms with E-state index in [2.05, 4.69) is 20.3 Å². The summed E-state index contributed by atoms with van der Waals surface area (Å²) in [5, 5.41) is 5.76. The molecule has 164 valence electrons. The Labute approximate surface area is 186 Å². The van der Waals surface area contributed by atoms with Crippen LogP contribution in [-0.4, -0.2) is 20.3 Å². The molecule has 0 radical (unpaired) electrons. The van der Waals surface area contributed by atoms with Gasteiger partial charge in [0.25, 0.3) is 10.0 Å². The number of aryl methyl sites for hydroxylation is 1. The van der Waals surface area contributed by atoms with Gasteiger partial charge in [-0.1, -0.05) is 36.4 Å². The number of carbonyl (C=O) groups is 1. The highest BCUT2D eigenvalue weighted by Crippen LogP contribution is 2.37. The summed E-state index contributed by atoms with van der Waals surface area (Å²) in [7, 11) is -3.82. The third-order valence-electron chi connectivity index (χ3n) is 4.73. The Balaban J connectivity index is 1.62. The van der Waals surface area contributed by atoms with E-state index in [1.54, 1.807) is 30.3 Å². The molecule has 9 heteroatoms. The lowest BCUT2D eigenvalue weighted by Crippen LogP contribution is -2.40. The second kappa shape index (κ2) is 8.72. The molecular weight excluding hydrogens is 428 g/mol. The number of rotatable bonds is 5. The van der Waals surface area contributed by atoms with Crippen molar-refractivity contribution in [3.63, 3.8) is 0 Å². The average Bonchev–Trinajstić information content (AvgIpc) is 2.74. The van der Waals surface area contributed by atoms with Gasteiger partial charge in [-0.05, 0) is 48.4 Å². The molecule has 3 aromatic rings. The van der Waals surface area contributed by atoms with E-state index in [1.165, 1.54) is 13.0 Å². The molecule has 1 amide bonds. The zero-order valence-electron chi connectivity index (χ0n) is 17.5. The minimum absolute atomic E-state index is 0.0789. The number of aliphatic imine (C=N–C) groups is 1. The predicted octanol–water partition coefficient (Wildman–Crippen LogP) is 4.01. The van der Waals surface area contributed by atoms with Gasteiger partial charge < -0.3 is 15.4 Å². The monoisotopic (exact) mass is 450 g/mol. The van der Waals surface area contributed by atoms with Gasteiger partial charge in [-0.2, -0.15) is 0 Å². The van der Waals surface area contributed by atoms with E-state index in [9.17, 15) is 13.2 Å². The first-order valence-electron chi connectivity index (χ1n) is 9.89. The Bertz CT molecular complexity index is 1320. The van der Waals surface area contributed by atoms with E-state index in [-0.39, 0.29) is 23.3 Å². The van der Waals surface area contributed by atoms with Gasteiger partial charge in [-0.25, -0.2) is 18.1 Å². The standard InChI is InChI=1S/C23H22N4O4S/c1-15-7-3-4-10-19(15)31-20-11-6-12-21-22(20)26-23(27-32(21,29)30)24-14-17-8-5-9-18(13-17)25-16(2)28/h3-13H,14H2,1-2H3,(H,25,28)(H2,24,26,27). The summed E-state index contributed by atoms with van der Waals surface area (Å²) in [5.41, 5.74) is 2.70. The summed E-state index contributed by atoms with van der Waals surface area (Å²) < 4.78 is 34.1. The van der Waals surface area contributed by atoms with Crippen molar-refractivity contribution in [2.75, 3.05) is 10.6 Å². The van der Waals surface area contributed by atoms with Crippen LogP contribution in [0.15, 0.2) is 76.6 Å². The molecule has 0 bridgehead atoms. The van der Waals surface area contributed by atoms with Crippen LogP contribution < -0.4 is 20.1 Å². The second-order valence-corrected chi connectivity index (χ2v) is 8.92. The molecule has 1 heterocycles. The highest BCUT2D eigenvalue weighted by atomic mass is 32.2. The number of hydrogen-bond acceptors (Lipinski definition) is 5. The van der Waals surface area contributed by atoms with Crippen LogP contribution in [0.3, 0.4) is 0 Å². The Morgan fingerprint density at radius 2 is 1.78 bits per heavy atom. The van der Waals surface area contributed by atoms with Gasteiger partial charge in [-0.3, -0.25) is 4.79 Å². The number of hydrogen-bond donors (Lipinski definition) is 3. The van der Waals surface area contributed by atoms with Gasteiger partial charge in [0.15, 0.2) is 5.75 Å². The van der Waals surface area contributed by atoms with Crippen molar-refractivity contribution in [2.45, 2.75) is 25.3 Å². The molecule has 0 saturated carbocycles. The molecular formula is C23H22N4O4S. The first-order chi connectivity index (χ1) is 15.3. The average molecular weight is 451 g/mol. The molecule has 0 unspecified atom stereocenters. The topological polar surface area (TPSA) is 109 Å². The third-order valence-corrected chi connectivity index (χ3v) is 6.11. The number of ether oxygens (including phenoxy) is 1. The van der Waals surface area contributed by atoms with Crippen LogP contribution in [0.25, 0.3) is 0 Å². The Hall–Kier alpha value is -3.85. The quantitative estimate of drug-likeness (QED) is 0.544. The number of sulfonamides is 1. The normalized spacial score (nSPS) is 15.2. The number of nitrogens with zero attached hydrogens (tertiary/aromatic N) is 1. The molecule has 3 N–H and O–H groups in total. The highest BCUT2D eigenvalue weighted by molar-refractivity contribution is 7.90. The number of amides is 1. The van der Waals surface area contributed by atoms with Crippen LogP contribution in [0.1, 0.15) is 18.1 Å². The summed E-state index contributed by atoms with van der Waals surface area (Å²) in [6.07, 6.45) is 0. The number of anilines is 2. The van der Waals surface area contributed by atoms with Gasteiger partial charge in [-0.15, -0.1) is 0 Å². The summed E-state index contributed by atoms with van der Waals surface area (Å²) in [6.45, 7) is 3.55. The SMILES string of the molecule is CC(=O)Nc1cccc(CN=C2Nc3c(Oc4ccccc4C)cccc3S(=O)(=O)N2)c1. The summed E-state index contributed by atoms with van der Waals surface area (Å²) in [6, 6.07) is 19.5. The lowest BCUT2D eigenvalue weighted by molar-refractivity contribution is -0.114. The Morgan fingerprint density at radius 3 is 2.56 bits per heavy atom. The molecule has 8 nitrogen and oxygen atoms in total. The lowest BCUT2D eigenvalue weighted by Gasteiger charge is -2.24. The predicted molar refractivity (Wildman–Crippen MR) is 124 cm³/mol. The smallest absolute Gasteiger partial charge is 0.266 e. The number of guanidine groups is 1. The molecule has 1 aliphatic heterocycles. The van der Waals surface area contributed by atoms with Gasteiger partial charge in [0, 0.05) is 12.6 Å². The van der Waals surface area contributed by atoms with Crippen LogP contribution in [-0.2, 0) is 21.4 Å². The van der Waals surface area contributed by atoms with Crippen molar-refractivity contribution < 1.29 is 17.9 Å². The number of carbonyl (C=O) groups excluding carboxylic acids is 1. The Morgan fingerprint density at radius 1 is 1.03 bits per heavy atom. The van der Waals surface area contributed by atoms with Crippen LogP contribution in [0.5, 0.6) is 11.5 Å². The molecule has 32 heavy (non-hydrogen) atoms. The highest BCUT2D eigenvalue weighted by Gasteiger charge is 2.29. The number of fused-ring (bicyclic) bond motifs is 1. The molecule has 0 atom stereocenters. The molecule has 0 saturated heterocycles. The number of nitrogens with one attached hydrogen (secondary N) is 3. The van der Waals surface area contributed by atoms with E-state index in [4.69, 9.17) is 4.74 Å². The van der Waals surface area contributed by atoms with Gasteiger partial charge in [0.2, 0.25) is 11.9 Å². The fraction of sp³-hybridized carbons (Fsp3) is 0.130. The van der Waals surface area contributed by atoms with Crippen LogP contribution in [0.4, 0.5) is 11.4 Å². The third kappa shape index (κ3) is 4.73. The van der Waals surface area contributed by atoms with Crippen molar-refractivity contribution in [1.82, 2.24) is 4.72 Å². The first kappa shape index (κ1) is 21.4. The molecule has 0 aromatic heterocycles. The first-order valence-corrected chi connectivity index (χ1v) is 11.4. The van der Waals surface area contributed by atoms with E-state index >= 15 is 0 Å². The maximum atomic E-state index is 12.8. The van der Waals surface area contributed by atoms with Crippen LogP contribution >= 0.6 is 0 Å². The molecule has 0 aliphatic carbocycles. The zero-order chi connectivity index (χ0) is 22.7. The summed E-state index contributed by atoms with van der Waals surface area (Å²) in [5.74, 6) is 0.922. The fourth-order valence-electron chi connectivity index (χ4n) is 3.25. The molecule has 0 fully saturated rings. The number of para-hydroxylation sites is 2. The zero-order valence-corrected chi connectivity index (χ0v) is 18.4. The summed E-state index contributed by atoms with van der Waals surface area (Å²) in [4.78, 5) is 15.7. The van der Waals surface area contributed by atoms with Gasteiger partial charge in [0.1, 0.15) is 16.3 Å². The van der Waals surface area contributed by atoms with Crippen molar-refractivity contribution in [3.8, 4) is 11.5 Å². The minimum atomic E-state index is -3.82. The van der Waals surface area contributed by atoms with E-state index < -0.39 is 10.0 Å². The van der Waals surface area contributed by atoms with Crippen molar-refractivity contribution in [2.24, 2.45) is 4.99 Å². The molecule has 0 spiro atoms. The van der Waals surface area contributed by atoms with Crippen molar-refractivity contribution >= 4 is 33.3 Å². The van der Waals surface area contributed by atoms with Crippen LogP contribution in [0, 0.1) is 6.92 Å². The lowest BCUT2D eigenvalue weighted by atomic mass is 10.2. The molecule has 1 aliphatic rings. The van der Waals surface area contributed by atoms with Gasteiger partial charge >= 0.3 is 0 Å². The largest absolute Gasteiger partial charge is 0.455 e. The van der Waals surface area contributed by atoms with E-state index in [0.717, 1.165) is 11.1 Å². The maximum absolute atomic E-state index is 12.8. The number of benzene rings is 3. The molecule has 4 rings (SSSR count). The minimum Gasteiger partial charge on any atom is -0.455 e. The molecule has 3 aromatic carbocycles. The van der Waals surface area contributed by atoms with Crippen molar-refractivity contribution in [1.29, 1.82) is 0 Å². The Kier molecular flexibility index (Phi) is 5.83. The maximum Gasteiger partial charge on any atom is 0.266 e. The summed E-state index contributed by atoms with van der Waals surface area (Å²) >= 11 is 0. The van der Waals surface area contributed by atoms with Gasteiger partial charge in [0.05, 0.1) is 6.54 Å². The van der Waals surface area contributed by atoms with E-state index in [1.807, 2.05) is 37.3 Å². The van der Waals surface area contributed by atoms with E-state index in [0.29, 0.717) is 22.9 Å². The fourth-order valence-corrected chi connectivity index (χ4v) is 4.41.